The van der Waals surface area contributed by atoms with Gasteiger partial charge in [-0.25, -0.2) is 0 Å². The number of para-hydroxylation sites is 2. The summed E-state index contributed by atoms with van der Waals surface area (Å²) in [6.07, 6.45) is -3.68. The number of carbonyl (C=O) groups excluding carboxylic acids is 2. The Hall–Kier alpha value is -2.13. The quantitative estimate of drug-likeness (QED) is 0.837. The van der Waals surface area contributed by atoms with Gasteiger partial charge in [0.1, 0.15) is 6.04 Å². The van der Waals surface area contributed by atoms with Crippen molar-refractivity contribution in [1.29, 1.82) is 0 Å². The van der Waals surface area contributed by atoms with Crippen LogP contribution in [0, 0.1) is 0 Å². The molecule has 1 fully saturated rings. The second-order valence-electron chi connectivity index (χ2n) is 6.95. The molecule has 1 saturated heterocycles. The molecular weight excluding hydrogens is 361 g/mol. The maximum absolute atomic E-state index is 13.7. The number of hydrogen-bond donors (Lipinski definition) is 2. The number of likely N-dealkylation sites (N-methyl/N-ethyl adjacent to an activating group) is 1. The minimum absolute atomic E-state index is 0.0813. The summed E-state index contributed by atoms with van der Waals surface area (Å²) < 4.78 is 41.1. The number of rotatable bonds is 3. The van der Waals surface area contributed by atoms with Gasteiger partial charge in [-0.05, 0) is 38.6 Å². The number of anilines is 2. The first-order valence-electron chi connectivity index (χ1n) is 8.97. The first-order valence-corrected chi connectivity index (χ1v) is 8.97. The van der Waals surface area contributed by atoms with Crippen molar-refractivity contribution >= 4 is 23.2 Å². The monoisotopic (exact) mass is 384 g/mol. The van der Waals surface area contributed by atoms with Crippen LogP contribution in [0.5, 0.6) is 0 Å². The van der Waals surface area contributed by atoms with Crippen molar-refractivity contribution in [1.82, 2.24) is 10.2 Å². The molecule has 6 nitrogen and oxygen atoms in total. The Balaban J connectivity index is 1.90. The lowest BCUT2D eigenvalue weighted by Gasteiger charge is -2.36. The zero-order valence-electron chi connectivity index (χ0n) is 15.1. The lowest BCUT2D eigenvalue weighted by atomic mass is 10.1. The number of fused-ring (bicyclic) bond motifs is 1. The molecule has 27 heavy (non-hydrogen) atoms. The number of alkyl halides is 3. The van der Waals surface area contributed by atoms with Crippen LogP contribution in [-0.4, -0.2) is 61.7 Å². The number of carbonyl (C=O) groups is 2. The van der Waals surface area contributed by atoms with Gasteiger partial charge in [-0.2, -0.15) is 13.2 Å². The topological polar surface area (TPSA) is 64.7 Å². The van der Waals surface area contributed by atoms with Crippen LogP contribution in [-0.2, 0) is 9.59 Å². The zero-order valence-corrected chi connectivity index (χ0v) is 15.1. The number of hydrogen-bond acceptors (Lipinski definition) is 4. The molecule has 2 aliphatic rings. The van der Waals surface area contributed by atoms with Crippen molar-refractivity contribution in [2.24, 2.45) is 0 Å². The molecule has 0 aromatic heterocycles. The van der Waals surface area contributed by atoms with Crippen LogP contribution >= 0.6 is 0 Å². The molecule has 0 bridgehead atoms. The Bertz CT molecular complexity index is 710. The smallest absolute Gasteiger partial charge is 0.324 e. The Morgan fingerprint density at radius 1 is 1.33 bits per heavy atom. The van der Waals surface area contributed by atoms with E-state index in [2.05, 4.69) is 10.6 Å². The van der Waals surface area contributed by atoms with Gasteiger partial charge in [0.05, 0.1) is 24.3 Å². The fraction of sp³-hybridized carbons (Fsp3) is 0.556. The molecule has 148 valence electrons. The Morgan fingerprint density at radius 2 is 2.07 bits per heavy atom. The van der Waals surface area contributed by atoms with E-state index in [-0.39, 0.29) is 24.0 Å². The molecule has 2 atom stereocenters. The molecule has 0 spiro atoms. The van der Waals surface area contributed by atoms with Gasteiger partial charge < -0.3 is 10.6 Å². The first kappa shape index (κ1) is 19.6. The summed E-state index contributed by atoms with van der Waals surface area (Å²) in [7, 11) is 1.83. The molecule has 0 radical (unpaired) electrons. The molecule has 1 aromatic carbocycles. The van der Waals surface area contributed by atoms with E-state index in [1.807, 2.05) is 11.9 Å². The minimum atomic E-state index is -4.71. The number of halogens is 3. The first-order chi connectivity index (χ1) is 12.8. The standard InChI is InChI=1S/C18H23F3N4O2/c1-22-12-5-4-8-24(10-12)11-17(27)25-14-7-3-2-6-13(14)23-16(26)9-15(25)18(19,20)21/h2-3,6-7,12,15,22H,4-5,8-11H2,1H3,(H,23,26). The highest BCUT2D eigenvalue weighted by atomic mass is 19.4. The van der Waals surface area contributed by atoms with Crippen LogP contribution < -0.4 is 15.5 Å². The average molecular weight is 384 g/mol. The summed E-state index contributed by atoms with van der Waals surface area (Å²) in [6, 6.07) is 4.14. The van der Waals surface area contributed by atoms with Gasteiger partial charge in [0.25, 0.3) is 0 Å². The largest absolute Gasteiger partial charge is 0.409 e. The minimum Gasteiger partial charge on any atom is -0.324 e. The lowest BCUT2D eigenvalue weighted by molar-refractivity contribution is -0.158. The maximum atomic E-state index is 13.7. The highest BCUT2D eigenvalue weighted by molar-refractivity contribution is 6.05. The third kappa shape index (κ3) is 4.41. The zero-order chi connectivity index (χ0) is 19.6. The van der Waals surface area contributed by atoms with E-state index in [1.165, 1.54) is 12.1 Å². The van der Waals surface area contributed by atoms with Gasteiger partial charge in [0, 0.05) is 12.6 Å². The molecule has 0 saturated carbocycles. The van der Waals surface area contributed by atoms with Crippen molar-refractivity contribution in [3.05, 3.63) is 24.3 Å². The fourth-order valence-corrected chi connectivity index (χ4v) is 3.70. The molecule has 3 rings (SSSR count). The molecule has 2 aliphatic heterocycles. The van der Waals surface area contributed by atoms with Crippen LogP contribution in [0.1, 0.15) is 19.3 Å². The second kappa shape index (κ2) is 7.85. The third-order valence-electron chi connectivity index (χ3n) is 5.05. The number of nitrogens with one attached hydrogen (secondary N) is 2. The van der Waals surface area contributed by atoms with Crippen LogP contribution in [0.2, 0.25) is 0 Å². The predicted octanol–water partition coefficient (Wildman–Crippen LogP) is 1.98. The third-order valence-corrected chi connectivity index (χ3v) is 5.05. The molecule has 9 heteroatoms. The van der Waals surface area contributed by atoms with E-state index in [0.29, 0.717) is 13.1 Å². The molecule has 0 aliphatic carbocycles. The highest BCUT2D eigenvalue weighted by Crippen LogP contribution is 2.37. The van der Waals surface area contributed by atoms with Crippen LogP contribution in [0.25, 0.3) is 0 Å². The number of benzene rings is 1. The van der Waals surface area contributed by atoms with Gasteiger partial charge >= 0.3 is 6.18 Å². The maximum Gasteiger partial charge on any atom is 0.409 e. The van der Waals surface area contributed by atoms with E-state index in [1.54, 1.807) is 12.1 Å². The van der Waals surface area contributed by atoms with Crippen molar-refractivity contribution in [3.8, 4) is 0 Å². The van der Waals surface area contributed by atoms with Crippen LogP contribution in [0.4, 0.5) is 24.5 Å². The van der Waals surface area contributed by atoms with E-state index in [4.69, 9.17) is 0 Å². The molecule has 2 unspecified atom stereocenters. The Morgan fingerprint density at radius 3 is 2.78 bits per heavy atom. The lowest BCUT2D eigenvalue weighted by Crippen LogP contribution is -2.54. The molecular formula is C18H23F3N4O2. The number of piperidine rings is 1. The number of nitrogens with zero attached hydrogens (tertiary/aromatic N) is 2. The molecule has 2 amide bonds. The van der Waals surface area contributed by atoms with Crippen molar-refractivity contribution in [3.63, 3.8) is 0 Å². The summed E-state index contributed by atoms with van der Waals surface area (Å²) in [5.41, 5.74) is 0.298. The SMILES string of the molecule is CNC1CCCN(CC(=O)N2c3ccccc3NC(=O)CC2C(F)(F)F)C1. The van der Waals surface area contributed by atoms with Gasteiger partial charge in [-0.15, -0.1) is 0 Å². The summed E-state index contributed by atoms with van der Waals surface area (Å²) in [5, 5.41) is 5.62. The van der Waals surface area contributed by atoms with Gasteiger partial charge in [-0.1, -0.05) is 12.1 Å². The van der Waals surface area contributed by atoms with Crippen molar-refractivity contribution in [2.45, 2.75) is 37.5 Å². The second-order valence-corrected chi connectivity index (χ2v) is 6.95. The van der Waals surface area contributed by atoms with E-state index >= 15 is 0 Å². The highest BCUT2D eigenvalue weighted by Gasteiger charge is 2.49. The molecule has 2 heterocycles. The van der Waals surface area contributed by atoms with Crippen LogP contribution in [0.15, 0.2) is 24.3 Å². The van der Waals surface area contributed by atoms with Gasteiger partial charge in [0.15, 0.2) is 0 Å². The summed E-state index contributed by atoms with van der Waals surface area (Å²) in [6.45, 7) is 1.14. The number of amides is 2. The van der Waals surface area contributed by atoms with E-state index in [0.717, 1.165) is 17.7 Å². The van der Waals surface area contributed by atoms with Crippen LogP contribution in [0.3, 0.4) is 0 Å². The van der Waals surface area contributed by atoms with E-state index < -0.39 is 30.5 Å². The van der Waals surface area contributed by atoms with Crippen molar-refractivity contribution < 1.29 is 22.8 Å². The van der Waals surface area contributed by atoms with Gasteiger partial charge in [0.2, 0.25) is 11.8 Å². The van der Waals surface area contributed by atoms with E-state index in [9.17, 15) is 22.8 Å². The summed E-state index contributed by atoms with van der Waals surface area (Å²) in [5.74, 6) is -1.41. The number of likely N-dealkylation sites (tertiary alicyclic amines) is 1. The Labute approximate surface area is 155 Å². The predicted molar refractivity (Wildman–Crippen MR) is 95.5 cm³/mol. The summed E-state index contributed by atoms with van der Waals surface area (Å²) >= 11 is 0. The molecule has 2 N–H and O–H groups in total. The molecule has 1 aromatic rings. The van der Waals surface area contributed by atoms with Gasteiger partial charge in [-0.3, -0.25) is 19.4 Å². The summed E-state index contributed by atoms with van der Waals surface area (Å²) in [4.78, 5) is 27.6. The Kier molecular flexibility index (Phi) is 5.71. The average Bonchev–Trinajstić information content (AvgIpc) is 2.77. The van der Waals surface area contributed by atoms with Crippen molar-refractivity contribution in [2.75, 3.05) is 36.9 Å². The fourth-order valence-electron chi connectivity index (χ4n) is 3.70. The normalized spacial score (nSPS) is 24.1.